The quantitative estimate of drug-likeness (QED) is 0.560. The van der Waals surface area contributed by atoms with Crippen molar-refractivity contribution in [1.82, 2.24) is 5.32 Å². The minimum Gasteiger partial charge on any atom is -0.379 e. The summed E-state index contributed by atoms with van der Waals surface area (Å²) >= 11 is 0. The van der Waals surface area contributed by atoms with Crippen LogP contribution in [0.3, 0.4) is 0 Å². The first-order valence-electron chi connectivity index (χ1n) is 7.33. The van der Waals surface area contributed by atoms with Crippen molar-refractivity contribution in [3.8, 4) is 0 Å². The van der Waals surface area contributed by atoms with Crippen LogP contribution in [-0.2, 0) is 9.47 Å². The maximum Gasteiger partial charge on any atom is 0.403 e. The van der Waals surface area contributed by atoms with Gasteiger partial charge in [0.25, 0.3) is 0 Å². The molecule has 1 N–H and O–H groups in total. The third-order valence-electron chi connectivity index (χ3n) is 2.88. The molecule has 0 amide bonds. The van der Waals surface area contributed by atoms with E-state index in [9.17, 15) is 13.2 Å². The number of rotatable bonds is 12. The Hall–Kier alpha value is -0.330. The number of hydrogen-bond donors (Lipinski definition) is 1. The maximum atomic E-state index is 12.4. The van der Waals surface area contributed by atoms with Crippen molar-refractivity contribution < 1.29 is 22.6 Å². The molecule has 0 heterocycles. The SMILES string of the molecule is CCC(NCCOCCOCCCC(C)C)C(F)(F)F. The van der Waals surface area contributed by atoms with Crippen molar-refractivity contribution >= 4 is 0 Å². The van der Waals surface area contributed by atoms with Gasteiger partial charge in [0.2, 0.25) is 0 Å². The number of ether oxygens (including phenoxy) is 2. The van der Waals surface area contributed by atoms with Crippen LogP contribution in [0.25, 0.3) is 0 Å². The van der Waals surface area contributed by atoms with Gasteiger partial charge in [-0.2, -0.15) is 13.2 Å². The summed E-state index contributed by atoms with van der Waals surface area (Å²) in [6.45, 7) is 7.94. The lowest BCUT2D eigenvalue weighted by atomic mass is 10.1. The minimum atomic E-state index is -4.19. The van der Waals surface area contributed by atoms with Gasteiger partial charge in [0, 0.05) is 13.2 Å². The molecule has 6 heteroatoms. The van der Waals surface area contributed by atoms with Gasteiger partial charge in [-0.1, -0.05) is 20.8 Å². The van der Waals surface area contributed by atoms with Gasteiger partial charge in [0.15, 0.2) is 0 Å². The molecular weight excluding hydrogens is 271 g/mol. The molecule has 0 saturated carbocycles. The van der Waals surface area contributed by atoms with Crippen molar-refractivity contribution in [2.24, 2.45) is 5.92 Å². The first-order chi connectivity index (χ1) is 9.38. The second-order valence-electron chi connectivity index (χ2n) is 5.22. The highest BCUT2D eigenvalue weighted by Gasteiger charge is 2.37. The van der Waals surface area contributed by atoms with Gasteiger partial charge in [-0.15, -0.1) is 0 Å². The highest BCUT2D eigenvalue weighted by molar-refractivity contribution is 4.72. The zero-order valence-corrected chi connectivity index (χ0v) is 12.8. The van der Waals surface area contributed by atoms with E-state index in [4.69, 9.17) is 9.47 Å². The average molecular weight is 299 g/mol. The molecular formula is C14H28F3NO2. The second-order valence-corrected chi connectivity index (χ2v) is 5.22. The highest BCUT2D eigenvalue weighted by atomic mass is 19.4. The van der Waals surface area contributed by atoms with Gasteiger partial charge in [-0.3, -0.25) is 0 Å². The van der Waals surface area contributed by atoms with E-state index in [0.29, 0.717) is 25.7 Å². The molecule has 3 nitrogen and oxygen atoms in total. The Kier molecular flexibility index (Phi) is 11.2. The third kappa shape index (κ3) is 11.5. The summed E-state index contributed by atoms with van der Waals surface area (Å²) in [6, 6.07) is -1.45. The molecule has 0 spiro atoms. The van der Waals surface area contributed by atoms with E-state index in [-0.39, 0.29) is 19.6 Å². The van der Waals surface area contributed by atoms with E-state index in [2.05, 4.69) is 19.2 Å². The van der Waals surface area contributed by atoms with Gasteiger partial charge in [0.1, 0.15) is 6.04 Å². The predicted octanol–water partition coefficient (Wildman–Crippen LogP) is 3.39. The summed E-state index contributed by atoms with van der Waals surface area (Å²) in [5, 5.41) is 2.44. The Morgan fingerprint density at radius 3 is 2.10 bits per heavy atom. The summed E-state index contributed by atoms with van der Waals surface area (Å²) in [4.78, 5) is 0. The molecule has 122 valence electrons. The van der Waals surface area contributed by atoms with Crippen molar-refractivity contribution in [3.63, 3.8) is 0 Å². The Morgan fingerprint density at radius 1 is 1.00 bits per heavy atom. The van der Waals surface area contributed by atoms with Gasteiger partial charge in [-0.25, -0.2) is 0 Å². The number of halogens is 3. The van der Waals surface area contributed by atoms with Crippen LogP contribution in [0.15, 0.2) is 0 Å². The van der Waals surface area contributed by atoms with Crippen LogP contribution in [0, 0.1) is 5.92 Å². The zero-order valence-electron chi connectivity index (χ0n) is 12.8. The standard InChI is InChI=1S/C14H28F3NO2/c1-4-13(14(15,16)17)18-7-9-20-11-10-19-8-5-6-12(2)3/h12-13,18H,4-11H2,1-3H3. The molecule has 0 aromatic rings. The Bertz CT molecular complexity index is 223. The van der Waals surface area contributed by atoms with Crippen molar-refractivity contribution in [1.29, 1.82) is 0 Å². The van der Waals surface area contributed by atoms with Crippen molar-refractivity contribution in [2.45, 2.75) is 52.3 Å². The Balaban J connectivity index is 3.32. The molecule has 0 rings (SSSR count). The molecule has 0 aromatic carbocycles. The molecule has 0 aliphatic rings. The van der Waals surface area contributed by atoms with Crippen LogP contribution in [0.1, 0.15) is 40.0 Å². The molecule has 0 saturated heterocycles. The average Bonchev–Trinajstić information content (AvgIpc) is 2.34. The zero-order chi connectivity index (χ0) is 15.4. The van der Waals surface area contributed by atoms with E-state index in [0.717, 1.165) is 12.8 Å². The van der Waals surface area contributed by atoms with Gasteiger partial charge in [0.05, 0.1) is 19.8 Å². The number of alkyl halides is 3. The smallest absolute Gasteiger partial charge is 0.379 e. The Morgan fingerprint density at radius 2 is 1.60 bits per heavy atom. The summed E-state index contributed by atoms with van der Waals surface area (Å²) in [5.74, 6) is 0.682. The molecule has 0 fully saturated rings. The molecule has 0 aromatic heterocycles. The highest BCUT2D eigenvalue weighted by Crippen LogP contribution is 2.21. The molecule has 1 unspecified atom stereocenters. The van der Waals surface area contributed by atoms with Crippen molar-refractivity contribution in [2.75, 3.05) is 33.0 Å². The van der Waals surface area contributed by atoms with Crippen LogP contribution in [0.4, 0.5) is 13.2 Å². The van der Waals surface area contributed by atoms with Crippen LogP contribution in [0.2, 0.25) is 0 Å². The molecule has 0 radical (unpaired) electrons. The lowest BCUT2D eigenvalue weighted by Crippen LogP contribution is -2.43. The number of hydrogen-bond acceptors (Lipinski definition) is 3. The molecule has 0 bridgehead atoms. The summed E-state index contributed by atoms with van der Waals surface area (Å²) in [6.07, 6.45) is -1.99. The maximum absolute atomic E-state index is 12.4. The van der Waals surface area contributed by atoms with Crippen LogP contribution < -0.4 is 5.32 Å². The monoisotopic (exact) mass is 299 g/mol. The fraction of sp³-hybridized carbons (Fsp3) is 1.00. The van der Waals surface area contributed by atoms with Gasteiger partial charge in [-0.05, 0) is 25.2 Å². The predicted molar refractivity (Wildman–Crippen MR) is 73.8 cm³/mol. The molecule has 20 heavy (non-hydrogen) atoms. The van der Waals surface area contributed by atoms with Crippen LogP contribution >= 0.6 is 0 Å². The summed E-state index contributed by atoms with van der Waals surface area (Å²) in [7, 11) is 0. The Labute approximate surface area is 120 Å². The molecule has 0 aliphatic heterocycles. The summed E-state index contributed by atoms with van der Waals surface area (Å²) in [5.41, 5.74) is 0. The fourth-order valence-electron chi connectivity index (χ4n) is 1.71. The minimum absolute atomic E-state index is 0.0302. The summed E-state index contributed by atoms with van der Waals surface area (Å²) < 4.78 is 47.8. The second kappa shape index (κ2) is 11.3. The van der Waals surface area contributed by atoms with Crippen LogP contribution in [-0.4, -0.2) is 45.2 Å². The lowest BCUT2D eigenvalue weighted by Gasteiger charge is -2.19. The largest absolute Gasteiger partial charge is 0.403 e. The van der Waals surface area contributed by atoms with E-state index in [1.807, 2.05) is 0 Å². The molecule has 1 atom stereocenters. The molecule has 0 aliphatic carbocycles. The third-order valence-corrected chi connectivity index (χ3v) is 2.88. The normalized spacial score (nSPS) is 13.9. The van der Waals surface area contributed by atoms with E-state index in [1.54, 1.807) is 0 Å². The first-order valence-corrected chi connectivity index (χ1v) is 7.33. The van der Waals surface area contributed by atoms with Gasteiger partial charge >= 0.3 is 6.18 Å². The first kappa shape index (κ1) is 19.7. The van der Waals surface area contributed by atoms with E-state index < -0.39 is 12.2 Å². The van der Waals surface area contributed by atoms with Gasteiger partial charge < -0.3 is 14.8 Å². The van der Waals surface area contributed by atoms with Crippen LogP contribution in [0.5, 0.6) is 0 Å². The van der Waals surface area contributed by atoms with E-state index >= 15 is 0 Å². The fourth-order valence-corrected chi connectivity index (χ4v) is 1.71. The number of nitrogens with one attached hydrogen (secondary N) is 1. The topological polar surface area (TPSA) is 30.5 Å². The lowest BCUT2D eigenvalue weighted by molar-refractivity contribution is -0.156. The van der Waals surface area contributed by atoms with Crippen molar-refractivity contribution in [3.05, 3.63) is 0 Å². The van der Waals surface area contributed by atoms with E-state index in [1.165, 1.54) is 6.92 Å².